The van der Waals surface area contributed by atoms with Gasteiger partial charge in [0.25, 0.3) is 0 Å². The molecule has 0 radical (unpaired) electrons. The van der Waals surface area contributed by atoms with Crippen LogP contribution in [0.5, 0.6) is 0 Å². The van der Waals surface area contributed by atoms with Gasteiger partial charge in [-0.25, -0.2) is 4.39 Å². The smallest absolute Gasteiger partial charge is 0.123 e. The van der Waals surface area contributed by atoms with Crippen molar-refractivity contribution in [1.82, 2.24) is 5.32 Å². The Labute approximate surface area is 125 Å². The predicted octanol–water partition coefficient (Wildman–Crippen LogP) is 4.02. The van der Waals surface area contributed by atoms with Crippen LogP contribution in [-0.2, 0) is 13.0 Å². The lowest BCUT2D eigenvalue weighted by Crippen LogP contribution is -2.26. The largest absolute Gasteiger partial charge is 0.338 e. The Kier molecular flexibility index (Phi) is 3.93. The lowest BCUT2D eigenvalue weighted by Gasteiger charge is -2.27. The third kappa shape index (κ3) is 2.66. The summed E-state index contributed by atoms with van der Waals surface area (Å²) in [6.45, 7) is 5.85. The molecule has 2 aromatic carbocycles. The van der Waals surface area contributed by atoms with Crippen LogP contribution in [0, 0.1) is 5.82 Å². The fourth-order valence-electron chi connectivity index (χ4n) is 3.12. The number of fused-ring (bicyclic) bond motifs is 1. The van der Waals surface area contributed by atoms with Gasteiger partial charge in [0, 0.05) is 24.0 Å². The number of hydrogen-bond donors (Lipinski definition) is 1. The van der Waals surface area contributed by atoms with Crippen molar-refractivity contribution >= 4 is 11.4 Å². The zero-order valence-electron chi connectivity index (χ0n) is 12.6. The molecule has 0 amide bonds. The maximum atomic E-state index is 13.6. The van der Waals surface area contributed by atoms with Crippen molar-refractivity contribution < 1.29 is 4.39 Å². The second kappa shape index (κ2) is 5.86. The molecule has 3 rings (SSSR count). The van der Waals surface area contributed by atoms with Crippen molar-refractivity contribution in [3.8, 4) is 0 Å². The molecule has 1 unspecified atom stereocenters. The van der Waals surface area contributed by atoms with E-state index in [9.17, 15) is 4.39 Å². The van der Waals surface area contributed by atoms with Gasteiger partial charge >= 0.3 is 0 Å². The molecule has 0 aliphatic carbocycles. The maximum Gasteiger partial charge on any atom is 0.123 e. The molecule has 2 aromatic rings. The van der Waals surface area contributed by atoms with Gasteiger partial charge in [0.2, 0.25) is 0 Å². The number of benzene rings is 2. The molecule has 1 heterocycles. The van der Waals surface area contributed by atoms with Crippen molar-refractivity contribution in [2.24, 2.45) is 0 Å². The van der Waals surface area contributed by atoms with Crippen LogP contribution in [-0.4, -0.2) is 12.6 Å². The van der Waals surface area contributed by atoms with Crippen LogP contribution in [0.3, 0.4) is 0 Å². The summed E-state index contributed by atoms with van der Waals surface area (Å²) in [7, 11) is 0. The van der Waals surface area contributed by atoms with Gasteiger partial charge in [0.05, 0.1) is 0 Å². The Bertz CT molecular complexity index is 639. The first-order valence-corrected chi connectivity index (χ1v) is 7.57. The Morgan fingerprint density at radius 2 is 2.00 bits per heavy atom. The molecule has 3 heteroatoms. The number of halogens is 1. The summed E-state index contributed by atoms with van der Waals surface area (Å²) >= 11 is 0. The Hall–Kier alpha value is -1.87. The van der Waals surface area contributed by atoms with Gasteiger partial charge in [-0.05, 0) is 55.3 Å². The molecular formula is C18H21FN2. The number of anilines is 2. The average molecular weight is 284 g/mol. The van der Waals surface area contributed by atoms with Crippen molar-refractivity contribution in [2.75, 3.05) is 11.4 Å². The quantitative estimate of drug-likeness (QED) is 0.912. The molecule has 21 heavy (non-hydrogen) atoms. The van der Waals surface area contributed by atoms with Gasteiger partial charge in [-0.3, -0.25) is 0 Å². The fourth-order valence-corrected chi connectivity index (χ4v) is 3.12. The first-order chi connectivity index (χ1) is 10.2. The molecule has 1 N–H and O–H groups in total. The van der Waals surface area contributed by atoms with E-state index in [0.717, 1.165) is 24.2 Å². The maximum absolute atomic E-state index is 13.6. The number of nitrogens with one attached hydrogen (secondary N) is 1. The van der Waals surface area contributed by atoms with Gasteiger partial charge < -0.3 is 10.2 Å². The van der Waals surface area contributed by atoms with Crippen LogP contribution in [0.25, 0.3) is 0 Å². The van der Waals surface area contributed by atoms with Gasteiger partial charge in [-0.15, -0.1) is 0 Å². The van der Waals surface area contributed by atoms with Crippen LogP contribution in [0.2, 0.25) is 0 Å². The summed E-state index contributed by atoms with van der Waals surface area (Å²) in [5, 5.41) is 3.30. The lowest BCUT2D eigenvalue weighted by atomic mass is 10.1. The molecule has 0 fully saturated rings. The minimum absolute atomic E-state index is 0.174. The van der Waals surface area contributed by atoms with Gasteiger partial charge in [0.1, 0.15) is 5.82 Å². The van der Waals surface area contributed by atoms with E-state index in [1.807, 2.05) is 6.07 Å². The first-order valence-electron chi connectivity index (χ1n) is 7.57. The van der Waals surface area contributed by atoms with Crippen molar-refractivity contribution in [1.29, 1.82) is 0 Å². The fraction of sp³-hybridized carbons (Fsp3) is 0.333. The summed E-state index contributed by atoms with van der Waals surface area (Å²) in [5.74, 6) is -0.174. The highest BCUT2D eigenvalue weighted by atomic mass is 19.1. The van der Waals surface area contributed by atoms with E-state index >= 15 is 0 Å². The number of nitrogens with zero attached hydrogens (tertiary/aromatic N) is 1. The minimum atomic E-state index is -0.174. The Morgan fingerprint density at radius 3 is 2.81 bits per heavy atom. The predicted molar refractivity (Wildman–Crippen MR) is 85.5 cm³/mol. The van der Waals surface area contributed by atoms with E-state index in [1.54, 1.807) is 12.1 Å². The molecule has 0 spiro atoms. The highest BCUT2D eigenvalue weighted by Crippen LogP contribution is 2.39. The zero-order chi connectivity index (χ0) is 14.8. The summed E-state index contributed by atoms with van der Waals surface area (Å²) in [6.07, 6.45) is 1.04. The second-order valence-corrected chi connectivity index (χ2v) is 5.61. The van der Waals surface area contributed by atoms with Crippen molar-refractivity contribution in [3.63, 3.8) is 0 Å². The normalized spacial score (nSPS) is 17.1. The van der Waals surface area contributed by atoms with Crippen molar-refractivity contribution in [3.05, 3.63) is 59.4 Å². The number of para-hydroxylation sites is 1. The number of rotatable bonds is 4. The third-order valence-corrected chi connectivity index (χ3v) is 4.07. The monoisotopic (exact) mass is 284 g/mol. The molecule has 1 atom stereocenters. The van der Waals surface area contributed by atoms with Gasteiger partial charge in [-0.1, -0.05) is 25.1 Å². The molecule has 0 bridgehead atoms. The van der Waals surface area contributed by atoms with Gasteiger partial charge in [-0.2, -0.15) is 0 Å². The first kappa shape index (κ1) is 14.1. The molecule has 2 nitrogen and oxygen atoms in total. The average Bonchev–Trinajstić information content (AvgIpc) is 2.81. The lowest BCUT2D eigenvalue weighted by molar-refractivity contribution is 0.621. The highest BCUT2D eigenvalue weighted by molar-refractivity contribution is 5.73. The Balaban J connectivity index is 2.04. The zero-order valence-corrected chi connectivity index (χ0v) is 12.6. The number of hydrogen-bond acceptors (Lipinski definition) is 2. The van der Waals surface area contributed by atoms with E-state index in [1.165, 1.54) is 11.3 Å². The molecule has 0 aromatic heterocycles. The minimum Gasteiger partial charge on any atom is -0.338 e. The van der Waals surface area contributed by atoms with E-state index < -0.39 is 0 Å². The summed E-state index contributed by atoms with van der Waals surface area (Å²) in [4.78, 5) is 2.33. The van der Waals surface area contributed by atoms with Crippen LogP contribution < -0.4 is 10.2 Å². The molecule has 110 valence electrons. The van der Waals surface area contributed by atoms with Crippen LogP contribution in [0.4, 0.5) is 15.8 Å². The summed E-state index contributed by atoms with van der Waals surface area (Å²) in [6, 6.07) is 14.0. The summed E-state index contributed by atoms with van der Waals surface area (Å²) < 4.78 is 13.6. The van der Waals surface area contributed by atoms with E-state index in [4.69, 9.17) is 0 Å². The SMILES string of the molecule is CCNCc1cc(F)ccc1N1c2ccccc2CC1C. The third-order valence-electron chi connectivity index (χ3n) is 4.07. The van der Waals surface area contributed by atoms with E-state index in [-0.39, 0.29) is 5.82 Å². The van der Waals surface area contributed by atoms with Crippen molar-refractivity contribution in [2.45, 2.75) is 32.9 Å². The second-order valence-electron chi connectivity index (χ2n) is 5.61. The standard InChI is InChI=1S/C18H21FN2/c1-3-20-12-15-11-16(19)8-9-18(15)21-13(2)10-14-6-4-5-7-17(14)21/h4-9,11,13,20H,3,10,12H2,1-2H3. The summed E-state index contributed by atoms with van der Waals surface area (Å²) in [5.41, 5.74) is 4.73. The van der Waals surface area contributed by atoms with E-state index in [2.05, 4.69) is 48.3 Å². The Morgan fingerprint density at radius 1 is 1.19 bits per heavy atom. The molecule has 1 aliphatic rings. The topological polar surface area (TPSA) is 15.3 Å². The molecule has 1 aliphatic heterocycles. The van der Waals surface area contributed by atoms with Crippen LogP contribution in [0.1, 0.15) is 25.0 Å². The van der Waals surface area contributed by atoms with Gasteiger partial charge in [0.15, 0.2) is 0 Å². The van der Waals surface area contributed by atoms with E-state index in [0.29, 0.717) is 12.6 Å². The molecule has 0 saturated heterocycles. The highest BCUT2D eigenvalue weighted by Gasteiger charge is 2.28. The van der Waals surface area contributed by atoms with Crippen LogP contribution >= 0.6 is 0 Å². The van der Waals surface area contributed by atoms with Crippen LogP contribution in [0.15, 0.2) is 42.5 Å². The molecular weight excluding hydrogens is 263 g/mol. The molecule has 0 saturated carbocycles.